The molecule has 2 aromatic rings. The zero-order chi connectivity index (χ0) is 18.4. The lowest BCUT2D eigenvalue weighted by Gasteiger charge is -2.10. The van der Waals surface area contributed by atoms with Gasteiger partial charge in [-0.05, 0) is 24.3 Å². The highest BCUT2D eigenvalue weighted by molar-refractivity contribution is 6.32. The Labute approximate surface area is 148 Å². The molecule has 0 radical (unpaired) electrons. The number of anilines is 1. The summed E-state index contributed by atoms with van der Waals surface area (Å²) in [6.45, 7) is -0.287. The van der Waals surface area contributed by atoms with Gasteiger partial charge >= 0.3 is 5.69 Å². The van der Waals surface area contributed by atoms with E-state index in [1.807, 2.05) is 0 Å². The number of carbonyl (C=O) groups excluding carboxylic acids is 1. The number of nitrogens with zero attached hydrogens (tertiary/aromatic N) is 1. The number of methoxy groups -OCH3 is 2. The summed E-state index contributed by atoms with van der Waals surface area (Å²) in [6, 6.07) is 8.79. The van der Waals surface area contributed by atoms with Gasteiger partial charge in [0, 0.05) is 17.8 Å². The number of nitro benzene ring substituents is 1. The van der Waals surface area contributed by atoms with Crippen LogP contribution in [0.25, 0.3) is 0 Å². The van der Waals surface area contributed by atoms with E-state index in [1.54, 1.807) is 18.2 Å². The van der Waals surface area contributed by atoms with Crippen molar-refractivity contribution in [3.63, 3.8) is 0 Å². The number of ether oxygens (including phenoxy) is 3. The van der Waals surface area contributed by atoms with Crippen LogP contribution < -0.4 is 19.5 Å². The lowest BCUT2D eigenvalue weighted by atomic mass is 10.3. The van der Waals surface area contributed by atoms with Gasteiger partial charge in [-0.15, -0.1) is 0 Å². The van der Waals surface area contributed by atoms with Crippen LogP contribution in [0.4, 0.5) is 11.4 Å². The zero-order valence-corrected chi connectivity index (χ0v) is 14.2. The van der Waals surface area contributed by atoms with Gasteiger partial charge in [0.1, 0.15) is 11.5 Å². The molecule has 0 aliphatic rings. The maximum absolute atomic E-state index is 11.9. The number of amides is 1. The summed E-state index contributed by atoms with van der Waals surface area (Å²) >= 11 is 5.98. The summed E-state index contributed by atoms with van der Waals surface area (Å²) in [5, 5.41) is 13.8. The van der Waals surface area contributed by atoms with Gasteiger partial charge in [0.2, 0.25) is 5.75 Å². The topological polar surface area (TPSA) is 99.9 Å². The number of rotatable bonds is 7. The Morgan fingerprint density at radius 2 is 1.88 bits per heavy atom. The summed E-state index contributed by atoms with van der Waals surface area (Å²) in [5.41, 5.74) is 0.299. The van der Waals surface area contributed by atoms with Crippen LogP contribution in [-0.4, -0.2) is 31.7 Å². The largest absolute Gasteiger partial charge is 0.495 e. The number of nitro groups is 1. The first-order valence-electron chi connectivity index (χ1n) is 7.03. The number of hydrogen-bond acceptors (Lipinski definition) is 6. The molecule has 0 saturated carbocycles. The molecular weight excluding hydrogens is 352 g/mol. The van der Waals surface area contributed by atoms with E-state index in [1.165, 1.54) is 32.4 Å². The van der Waals surface area contributed by atoms with Gasteiger partial charge in [-0.1, -0.05) is 11.6 Å². The highest BCUT2D eigenvalue weighted by atomic mass is 35.5. The van der Waals surface area contributed by atoms with Crippen molar-refractivity contribution in [2.24, 2.45) is 0 Å². The molecule has 0 unspecified atom stereocenters. The van der Waals surface area contributed by atoms with Crippen LogP contribution in [0.15, 0.2) is 36.4 Å². The van der Waals surface area contributed by atoms with Gasteiger partial charge in [-0.3, -0.25) is 14.9 Å². The molecular formula is C16H15ClN2O6. The fourth-order valence-electron chi connectivity index (χ4n) is 1.99. The summed E-state index contributed by atoms with van der Waals surface area (Å²) in [5.74, 6) is 0.391. The van der Waals surface area contributed by atoms with Crippen molar-refractivity contribution in [2.45, 2.75) is 0 Å². The fourth-order valence-corrected chi connectivity index (χ4v) is 2.25. The Hall–Kier alpha value is -3.00. The van der Waals surface area contributed by atoms with E-state index in [2.05, 4.69) is 5.32 Å². The lowest BCUT2D eigenvalue weighted by molar-refractivity contribution is -0.385. The van der Waals surface area contributed by atoms with Gasteiger partial charge in [-0.25, -0.2) is 0 Å². The first-order valence-corrected chi connectivity index (χ1v) is 7.41. The molecule has 0 saturated heterocycles. The van der Waals surface area contributed by atoms with Crippen LogP contribution in [0, 0.1) is 10.1 Å². The summed E-state index contributed by atoms with van der Waals surface area (Å²) in [7, 11) is 2.80. The smallest absolute Gasteiger partial charge is 0.311 e. The third-order valence-electron chi connectivity index (χ3n) is 3.15. The first kappa shape index (κ1) is 18.3. The standard InChI is InChI=1S/C16H15ClN2O6/c1-23-14-6-3-10(7-12(14)17)18-16(20)9-25-11-4-5-13(19(21)22)15(8-11)24-2/h3-8H,9H2,1-2H3,(H,18,20). The highest BCUT2D eigenvalue weighted by Crippen LogP contribution is 2.31. The molecule has 0 atom stereocenters. The molecule has 8 nitrogen and oxygen atoms in total. The van der Waals surface area contributed by atoms with Gasteiger partial charge in [0.25, 0.3) is 5.91 Å². The minimum absolute atomic E-state index is 0.0462. The molecule has 25 heavy (non-hydrogen) atoms. The molecule has 0 heterocycles. The molecule has 0 aromatic heterocycles. The van der Waals surface area contributed by atoms with Crippen LogP contribution in [0.1, 0.15) is 0 Å². The number of hydrogen-bond donors (Lipinski definition) is 1. The van der Waals surface area contributed by atoms with Crippen LogP contribution in [0.2, 0.25) is 5.02 Å². The molecule has 0 spiro atoms. The predicted molar refractivity (Wildman–Crippen MR) is 91.8 cm³/mol. The Balaban J connectivity index is 1.98. The van der Waals surface area contributed by atoms with E-state index in [0.717, 1.165) is 0 Å². The Morgan fingerprint density at radius 3 is 2.48 bits per heavy atom. The number of halogens is 1. The minimum Gasteiger partial charge on any atom is -0.495 e. The van der Waals surface area contributed by atoms with E-state index < -0.39 is 10.8 Å². The second kappa shape index (κ2) is 8.20. The Morgan fingerprint density at radius 1 is 1.16 bits per heavy atom. The summed E-state index contributed by atoms with van der Waals surface area (Å²) in [6.07, 6.45) is 0. The predicted octanol–water partition coefficient (Wildman–Crippen LogP) is 3.28. The third kappa shape index (κ3) is 4.74. The Kier molecular flexibility index (Phi) is 6.02. The number of nitrogens with one attached hydrogen (secondary N) is 1. The molecule has 0 bridgehead atoms. The molecule has 0 fully saturated rings. The Bertz CT molecular complexity index is 796. The molecule has 0 aliphatic heterocycles. The van der Waals surface area contributed by atoms with Crippen molar-refractivity contribution in [2.75, 3.05) is 26.1 Å². The van der Waals surface area contributed by atoms with E-state index in [9.17, 15) is 14.9 Å². The second-order valence-electron chi connectivity index (χ2n) is 4.78. The fraction of sp³-hybridized carbons (Fsp3) is 0.188. The van der Waals surface area contributed by atoms with Crippen molar-refractivity contribution in [1.29, 1.82) is 0 Å². The average molecular weight is 367 g/mol. The van der Waals surface area contributed by atoms with Gasteiger partial charge < -0.3 is 19.5 Å². The van der Waals surface area contributed by atoms with E-state index in [4.69, 9.17) is 25.8 Å². The minimum atomic E-state index is -0.567. The molecule has 132 valence electrons. The average Bonchev–Trinajstić information content (AvgIpc) is 2.59. The summed E-state index contributed by atoms with van der Waals surface area (Å²) < 4.78 is 15.3. The maximum atomic E-state index is 11.9. The highest BCUT2D eigenvalue weighted by Gasteiger charge is 2.15. The van der Waals surface area contributed by atoms with Crippen molar-refractivity contribution in [3.8, 4) is 17.2 Å². The van der Waals surface area contributed by atoms with Gasteiger partial charge in [0.15, 0.2) is 6.61 Å². The molecule has 1 amide bonds. The summed E-state index contributed by atoms with van der Waals surface area (Å²) in [4.78, 5) is 22.2. The first-order chi connectivity index (χ1) is 11.9. The van der Waals surface area contributed by atoms with Crippen LogP contribution in [-0.2, 0) is 4.79 Å². The maximum Gasteiger partial charge on any atom is 0.311 e. The van der Waals surface area contributed by atoms with Crippen LogP contribution >= 0.6 is 11.6 Å². The number of benzene rings is 2. The molecule has 9 heteroatoms. The van der Waals surface area contributed by atoms with E-state index >= 15 is 0 Å². The van der Waals surface area contributed by atoms with E-state index in [0.29, 0.717) is 16.5 Å². The lowest BCUT2D eigenvalue weighted by Crippen LogP contribution is -2.20. The third-order valence-corrected chi connectivity index (χ3v) is 3.45. The van der Waals surface area contributed by atoms with Crippen LogP contribution in [0.3, 0.4) is 0 Å². The van der Waals surface area contributed by atoms with E-state index in [-0.39, 0.29) is 23.8 Å². The molecule has 2 aromatic carbocycles. The SMILES string of the molecule is COc1ccc(NC(=O)COc2ccc([N+](=O)[O-])c(OC)c2)cc1Cl. The molecule has 2 rings (SSSR count). The normalized spacial score (nSPS) is 10.0. The second-order valence-corrected chi connectivity index (χ2v) is 5.18. The van der Waals surface area contributed by atoms with Crippen LogP contribution in [0.5, 0.6) is 17.2 Å². The van der Waals surface area contributed by atoms with Crippen molar-refractivity contribution < 1.29 is 23.9 Å². The monoisotopic (exact) mass is 366 g/mol. The molecule has 0 aliphatic carbocycles. The molecule has 1 N–H and O–H groups in total. The van der Waals surface area contributed by atoms with Crippen molar-refractivity contribution >= 4 is 28.9 Å². The quantitative estimate of drug-likeness (QED) is 0.596. The zero-order valence-electron chi connectivity index (χ0n) is 13.4. The van der Waals surface area contributed by atoms with Crippen molar-refractivity contribution in [1.82, 2.24) is 0 Å². The number of carbonyl (C=O) groups is 1. The van der Waals surface area contributed by atoms with Crippen molar-refractivity contribution in [3.05, 3.63) is 51.5 Å². The van der Waals surface area contributed by atoms with Gasteiger partial charge in [-0.2, -0.15) is 0 Å². The van der Waals surface area contributed by atoms with Gasteiger partial charge in [0.05, 0.1) is 24.2 Å².